The van der Waals surface area contributed by atoms with Gasteiger partial charge in [-0.25, -0.2) is 0 Å². The van der Waals surface area contributed by atoms with E-state index >= 15 is 0 Å². The van der Waals surface area contributed by atoms with Crippen LogP contribution in [0.2, 0.25) is 0 Å². The van der Waals surface area contributed by atoms with Gasteiger partial charge < -0.3 is 0 Å². The molecule has 0 N–H and O–H groups in total. The Morgan fingerprint density at radius 1 is 0.897 bits per heavy atom. The number of hydrogen-bond acceptors (Lipinski definition) is 2. The Morgan fingerprint density at radius 3 is 2.07 bits per heavy atom. The molecule has 0 aliphatic heterocycles. The summed E-state index contributed by atoms with van der Waals surface area (Å²) in [7, 11) is 1.65. The first-order valence-electron chi connectivity index (χ1n) is 9.48. The maximum atomic E-state index is 13.4. The quantitative estimate of drug-likeness (QED) is 0.312. The van der Waals surface area contributed by atoms with Crippen molar-refractivity contribution in [3.05, 3.63) is 96.1 Å². The van der Waals surface area contributed by atoms with E-state index in [-0.39, 0.29) is 26.7 Å². The molecule has 0 bridgehead atoms. The average Bonchev–Trinajstić information content (AvgIpc) is 2.77. The number of ether oxygens (including phenoxy) is 1. The Kier molecular flexibility index (Phi) is 6.94. The van der Waals surface area contributed by atoms with Crippen molar-refractivity contribution in [1.82, 2.24) is 0 Å². The first-order chi connectivity index (χ1) is 14.0. The molecule has 0 aromatic heterocycles. The predicted octanol–water partition coefficient (Wildman–Crippen LogP) is 4.68. The molecular weight excluding hydrogens is 423 g/mol. The average molecular weight is 447 g/mol. The summed E-state index contributed by atoms with van der Waals surface area (Å²) in [6.45, 7) is 3.98. The van der Waals surface area contributed by atoms with Crippen molar-refractivity contribution in [1.29, 1.82) is 0 Å². The van der Waals surface area contributed by atoms with Crippen LogP contribution >= 0.6 is 0 Å². The third kappa shape index (κ3) is 5.18. The first kappa shape index (κ1) is 20.9. The summed E-state index contributed by atoms with van der Waals surface area (Å²) >= 11 is 0.0395. The second-order valence-electron chi connectivity index (χ2n) is 7.28. The van der Waals surface area contributed by atoms with Gasteiger partial charge in [-0.2, -0.15) is 0 Å². The van der Waals surface area contributed by atoms with E-state index in [4.69, 9.17) is 4.74 Å². The van der Waals surface area contributed by atoms with Crippen LogP contribution in [0.15, 0.2) is 84.9 Å². The summed E-state index contributed by atoms with van der Waals surface area (Å²) in [6.07, 6.45) is 0. The molecule has 3 aromatic rings. The van der Waals surface area contributed by atoms with Gasteiger partial charge in [0.1, 0.15) is 0 Å². The topological polar surface area (TPSA) is 26.3 Å². The van der Waals surface area contributed by atoms with Crippen LogP contribution < -0.4 is 9.20 Å². The summed E-state index contributed by atoms with van der Waals surface area (Å²) < 4.78 is 6.52. The van der Waals surface area contributed by atoms with E-state index < -0.39 is 5.41 Å². The van der Waals surface area contributed by atoms with Gasteiger partial charge in [-0.15, -0.1) is 0 Å². The molecule has 3 aromatic carbocycles. The van der Waals surface area contributed by atoms with Gasteiger partial charge in [0.15, 0.2) is 0 Å². The number of rotatable bonds is 6. The van der Waals surface area contributed by atoms with Crippen molar-refractivity contribution >= 4 is 25.2 Å². The molecule has 3 heteroatoms. The van der Waals surface area contributed by atoms with Crippen LogP contribution in [-0.4, -0.2) is 27.8 Å². The maximum absolute atomic E-state index is 13.4. The van der Waals surface area contributed by atoms with E-state index in [1.165, 1.54) is 4.46 Å². The van der Waals surface area contributed by atoms with Crippen LogP contribution in [-0.2, 0) is 0 Å². The fraction of sp³-hybridized carbons (Fsp3) is 0.192. The normalized spacial score (nSPS) is 11.8. The van der Waals surface area contributed by atoms with Gasteiger partial charge in [-0.1, -0.05) is 0 Å². The Hall–Kier alpha value is -2.79. The standard InChI is InChI=1S/C26H24O2Se/c1-26(2,25(27)21-10-6-4-7-11-21)24(20-14-16-22(28-3)17-15-20)18-19-29-23-12-8-5-9-13-23/h4-17,24H,1-3H3. The van der Waals surface area contributed by atoms with Gasteiger partial charge in [0.25, 0.3) is 0 Å². The van der Waals surface area contributed by atoms with Crippen LogP contribution in [0.25, 0.3) is 0 Å². The van der Waals surface area contributed by atoms with Gasteiger partial charge in [0, 0.05) is 0 Å². The number of carbonyl (C=O) groups is 1. The van der Waals surface area contributed by atoms with Crippen LogP contribution in [0.1, 0.15) is 35.7 Å². The summed E-state index contributed by atoms with van der Waals surface area (Å²) in [6, 6.07) is 27.6. The molecule has 29 heavy (non-hydrogen) atoms. The molecule has 0 aliphatic carbocycles. The number of methoxy groups -OCH3 is 1. The molecule has 0 radical (unpaired) electrons. The fourth-order valence-corrected chi connectivity index (χ4v) is 4.44. The molecule has 0 saturated carbocycles. The van der Waals surface area contributed by atoms with E-state index in [2.05, 4.69) is 22.9 Å². The first-order valence-corrected chi connectivity index (χ1v) is 11.2. The summed E-state index contributed by atoms with van der Waals surface area (Å²) in [5.74, 6) is 4.10. The molecule has 0 saturated heterocycles. The summed E-state index contributed by atoms with van der Waals surface area (Å²) in [4.78, 5) is 16.7. The van der Waals surface area contributed by atoms with Gasteiger partial charge in [-0.3, -0.25) is 0 Å². The third-order valence-electron chi connectivity index (χ3n) is 4.91. The molecular formula is C26H24O2Se. The zero-order chi connectivity index (χ0) is 20.7. The Balaban J connectivity index is 1.96. The van der Waals surface area contributed by atoms with Gasteiger partial charge in [-0.05, 0) is 0 Å². The van der Waals surface area contributed by atoms with Crippen LogP contribution in [0.5, 0.6) is 5.75 Å². The molecule has 1 unspecified atom stereocenters. The van der Waals surface area contributed by atoms with Crippen molar-refractivity contribution in [2.24, 2.45) is 5.41 Å². The molecule has 3 rings (SSSR count). The second kappa shape index (κ2) is 9.61. The van der Waals surface area contributed by atoms with Crippen LogP contribution in [0, 0.1) is 16.2 Å². The minimum absolute atomic E-state index is 0.0395. The number of Topliss-reactive ketones (excluding diaryl/α,β-unsaturated/α-hetero) is 1. The van der Waals surface area contributed by atoms with Gasteiger partial charge in [0.2, 0.25) is 0 Å². The summed E-state index contributed by atoms with van der Waals surface area (Å²) in [5, 5.41) is 0. The zero-order valence-corrected chi connectivity index (χ0v) is 18.6. The van der Waals surface area contributed by atoms with E-state index in [0.29, 0.717) is 5.56 Å². The van der Waals surface area contributed by atoms with Gasteiger partial charge in [0.05, 0.1) is 0 Å². The van der Waals surface area contributed by atoms with Crippen molar-refractivity contribution in [2.45, 2.75) is 19.8 Å². The summed E-state index contributed by atoms with van der Waals surface area (Å²) in [5.41, 5.74) is 1.07. The third-order valence-corrected chi connectivity index (χ3v) is 6.43. The number of hydrogen-bond donors (Lipinski definition) is 0. The molecule has 0 aliphatic rings. The second-order valence-corrected chi connectivity index (χ2v) is 9.13. The predicted molar refractivity (Wildman–Crippen MR) is 120 cm³/mol. The van der Waals surface area contributed by atoms with E-state index in [9.17, 15) is 4.79 Å². The molecule has 146 valence electrons. The number of ketones is 1. The zero-order valence-electron chi connectivity index (χ0n) is 16.9. The molecule has 2 nitrogen and oxygen atoms in total. The number of benzene rings is 3. The monoisotopic (exact) mass is 448 g/mol. The van der Waals surface area contributed by atoms with Crippen molar-refractivity contribution in [3.63, 3.8) is 0 Å². The molecule has 0 amide bonds. The molecule has 0 fully saturated rings. The Labute approximate surface area is 179 Å². The van der Waals surface area contributed by atoms with Crippen molar-refractivity contribution < 1.29 is 9.53 Å². The SMILES string of the molecule is COc1ccc(C(C#C[Se]c2ccccc2)C(C)(C)C(=O)c2ccccc2)cc1. The van der Waals surface area contributed by atoms with Crippen molar-refractivity contribution in [3.8, 4) is 16.5 Å². The van der Waals surface area contributed by atoms with Crippen LogP contribution in [0.3, 0.4) is 0 Å². The van der Waals surface area contributed by atoms with E-state index in [0.717, 1.165) is 11.3 Å². The number of carbonyl (C=O) groups excluding carboxylic acids is 1. The van der Waals surface area contributed by atoms with Crippen LogP contribution in [0.4, 0.5) is 0 Å². The molecule has 0 spiro atoms. The Bertz CT molecular complexity index is 997. The van der Waals surface area contributed by atoms with E-state index in [1.54, 1.807) is 7.11 Å². The van der Waals surface area contributed by atoms with E-state index in [1.807, 2.05) is 86.6 Å². The Morgan fingerprint density at radius 2 is 1.48 bits per heavy atom. The fourth-order valence-electron chi connectivity index (χ4n) is 3.21. The van der Waals surface area contributed by atoms with Gasteiger partial charge >= 0.3 is 180 Å². The minimum atomic E-state index is -0.671. The molecule has 1 atom stereocenters. The molecule has 0 heterocycles. The van der Waals surface area contributed by atoms with Crippen molar-refractivity contribution in [2.75, 3.05) is 7.11 Å².